The Bertz CT molecular complexity index is 886. The second kappa shape index (κ2) is 14.6. The molecule has 0 aromatic heterocycles. The number of methoxy groups -OCH3 is 6. The Balaban J connectivity index is 1.73. The highest BCUT2D eigenvalue weighted by molar-refractivity contribution is 5.91. The van der Waals surface area contributed by atoms with Gasteiger partial charge in [0.15, 0.2) is 23.0 Å². The molecule has 36 heavy (non-hydrogen) atoms. The maximum absolute atomic E-state index is 12.4. The number of unbranched alkanes of at least 4 members (excludes halogenated alkanes) is 3. The third-order valence-corrected chi connectivity index (χ3v) is 5.31. The van der Waals surface area contributed by atoms with E-state index in [2.05, 4.69) is 0 Å². The smallest absolute Gasteiger partial charge is 0.338 e. The Labute approximate surface area is 211 Å². The van der Waals surface area contributed by atoms with Crippen molar-refractivity contribution in [3.05, 3.63) is 35.4 Å². The number of benzene rings is 2. The molecule has 0 radical (unpaired) electrons. The van der Waals surface area contributed by atoms with Gasteiger partial charge in [0.1, 0.15) is 0 Å². The zero-order valence-electron chi connectivity index (χ0n) is 21.6. The Morgan fingerprint density at radius 3 is 1.06 bits per heavy atom. The largest absolute Gasteiger partial charge is 0.493 e. The summed E-state index contributed by atoms with van der Waals surface area (Å²) in [7, 11) is 8.91. The molecule has 0 spiro atoms. The Kier molecular flexibility index (Phi) is 11.5. The van der Waals surface area contributed by atoms with Gasteiger partial charge in [0.2, 0.25) is 11.5 Å². The van der Waals surface area contributed by atoms with Crippen molar-refractivity contribution in [2.45, 2.75) is 25.7 Å². The van der Waals surface area contributed by atoms with Crippen LogP contribution in [0.1, 0.15) is 46.4 Å². The molecule has 0 unspecified atom stereocenters. The molecule has 0 aliphatic heterocycles. The predicted octanol–water partition coefficient (Wildman–Crippen LogP) is 4.31. The van der Waals surface area contributed by atoms with Crippen LogP contribution in [-0.4, -0.2) is 67.8 Å². The summed E-state index contributed by atoms with van der Waals surface area (Å²) in [4.78, 5) is 24.8. The highest BCUT2D eigenvalue weighted by Gasteiger charge is 2.19. The molecule has 0 N–H and O–H groups in total. The standard InChI is InChI=1S/C26H34O10/c1-29-19-13-17(14-20(30-2)23(19)33-5)25(27)35-11-9-7-8-10-12-36-26(28)18-15-21(31-3)24(34-6)22(16-18)32-4/h13-16H,7-12H2,1-6H3. The molecule has 2 aromatic carbocycles. The summed E-state index contributed by atoms with van der Waals surface area (Å²) < 4.78 is 42.3. The highest BCUT2D eigenvalue weighted by atomic mass is 16.5. The molecule has 2 aromatic rings. The Morgan fingerprint density at radius 1 is 0.500 bits per heavy atom. The fourth-order valence-corrected chi connectivity index (χ4v) is 3.45. The van der Waals surface area contributed by atoms with Crippen molar-refractivity contribution < 1.29 is 47.5 Å². The van der Waals surface area contributed by atoms with Gasteiger partial charge in [-0.3, -0.25) is 0 Å². The van der Waals surface area contributed by atoms with Crippen LogP contribution in [0.5, 0.6) is 34.5 Å². The van der Waals surface area contributed by atoms with Gasteiger partial charge < -0.3 is 37.9 Å². The lowest BCUT2D eigenvalue weighted by molar-refractivity contribution is 0.0473. The van der Waals surface area contributed by atoms with Gasteiger partial charge in [-0.2, -0.15) is 0 Å². The molecular weight excluding hydrogens is 472 g/mol. The first-order valence-corrected chi connectivity index (χ1v) is 11.4. The van der Waals surface area contributed by atoms with Crippen LogP contribution in [0.3, 0.4) is 0 Å². The maximum Gasteiger partial charge on any atom is 0.338 e. The summed E-state index contributed by atoms with van der Waals surface area (Å²) >= 11 is 0. The van der Waals surface area contributed by atoms with Crippen molar-refractivity contribution >= 4 is 11.9 Å². The van der Waals surface area contributed by atoms with E-state index in [-0.39, 0.29) is 13.2 Å². The Morgan fingerprint density at radius 2 is 0.806 bits per heavy atom. The number of hydrogen-bond acceptors (Lipinski definition) is 10. The number of carbonyl (C=O) groups excluding carboxylic acids is 2. The molecule has 0 saturated heterocycles. The lowest BCUT2D eigenvalue weighted by Gasteiger charge is -2.14. The minimum absolute atomic E-state index is 0.265. The van der Waals surface area contributed by atoms with E-state index >= 15 is 0 Å². The van der Waals surface area contributed by atoms with Gasteiger partial charge in [-0.15, -0.1) is 0 Å². The topological polar surface area (TPSA) is 108 Å². The summed E-state index contributed by atoms with van der Waals surface area (Å²) in [5.74, 6) is 1.37. The fraction of sp³-hybridized carbons (Fsp3) is 0.462. The van der Waals surface area contributed by atoms with Gasteiger partial charge in [-0.1, -0.05) is 0 Å². The van der Waals surface area contributed by atoms with Crippen molar-refractivity contribution in [2.75, 3.05) is 55.9 Å². The SMILES string of the molecule is COc1cc(C(=O)OCCCCCCOC(=O)c2cc(OC)c(OC)c(OC)c2)cc(OC)c1OC. The number of esters is 2. The van der Waals surface area contributed by atoms with E-state index in [0.717, 1.165) is 12.8 Å². The third kappa shape index (κ3) is 7.34. The predicted molar refractivity (Wildman–Crippen MR) is 131 cm³/mol. The fourth-order valence-electron chi connectivity index (χ4n) is 3.45. The van der Waals surface area contributed by atoms with Gasteiger partial charge in [0.25, 0.3) is 0 Å². The molecule has 0 aliphatic carbocycles. The van der Waals surface area contributed by atoms with Crippen molar-refractivity contribution in [1.82, 2.24) is 0 Å². The lowest BCUT2D eigenvalue weighted by Crippen LogP contribution is -2.09. The van der Waals surface area contributed by atoms with E-state index in [1.165, 1.54) is 42.7 Å². The van der Waals surface area contributed by atoms with E-state index in [9.17, 15) is 9.59 Å². The molecule has 198 valence electrons. The average molecular weight is 507 g/mol. The third-order valence-electron chi connectivity index (χ3n) is 5.31. The summed E-state index contributed by atoms with van der Waals surface area (Å²) in [5.41, 5.74) is 0.617. The lowest BCUT2D eigenvalue weighted by atomic mass is 10.1. The van der Waals surface area contributed by atoms with Crippen molar-refractivity contribution in [3.8, 4) is 34.5 Å². The van der Waals surface area contributed by atoms with Crippen LogP contribution in [0.4, 0.5) is 0 Å². The van der Waals surface area contributed by atoms with Gasteiger partial charge in [-0.25, -0.2) is 9.59 Å². The number of carbonyl (C=O) groups is 2. The quantitative estimate of drug-likeness (QED) is 0.256. The minimum atomic E-state index is -0.478. The zero-order chi connectivity index (χ0) is 26.5. The van der Waals surface area contributed by atoms with Gasteiger partial charge in [-0.05, 0) is 49.9 Å². The monoisotopic (exact) mass is 506 g/mol. The number of ether oxygens (including phenoxy) is 8. The second-order valence-electron chi connectivity index (χ2n) is 7.51. The normalized spacial score (nSPS) is 10.3. The molecular formula is C26H34O10. The first kappa shape index (κ1) is 28.4. The molecule has 2 rings (SSSR count). The van der Waals surface area contributed by atoms with Crippen LogP contribution in [0.15, 0.2) is 24.3 Å². The molecule has 0 aliphatic rings. The first-order chi connectivity index (χ1) is 17.4. The van der Waals surface area contributed by atoms with Crippen molar-refractivity contribution in [2.24, 2.45) is 0 Å². The van der Waals surface area contributed by atoms with Crippen molar-refractivity contribution in [1.29, 1.82) is 0 Å². The van der Waals surface area contributed by atoms with E-state index in [1.54, 1.807) is 24.3 Å². The highest BCUT2D eigenvalue weighted by Crippen LogP contribution is 2.39. The van der Waals surface area contributed by atoms with Crippen LogP contribution < -0.4 is 28.4 Å². The molecule has 10 heteroatoms. The number of hydrogen-bond donors (Lipinski definition) is 0. The maximum atomic E-state index is 12.4. The zero-order valence-corrected chi connectivity index (χ0v) is 21.6. The van der Waals surface area contributed by atoms with Crippen molar-refractivity contribution in [3.63, 3.8) is 0 Å². The molecule has 10 nitrogen and oxygen atoms in total. The van der Waals surface area contributed by atoms with Gasteiger partial charge in [0, 0.05) is 0 Å². The van der Waals surface area contributed by atoms with Crippen LogP contribution in [0, 0.1) is 0 Å². The molecule has 0 saturated carbocycles. The molecule has 0 fully saturated rings. The molecule has 0 amide bonds. The van der Waals surface area contributed by atoms with E-state index in [0.29, 0.717) is 58.5 Å². The summed E-state index contributed by atoms with van der Waals surface area (Å²) in [6.45, 7) is 0.529. The molecule has 0 bridgehead atoms. The number of rotatable bonds is 15. The minimum Gasteiger partial charge on any atom is -0.493 e. The molecule has 0 atom stereocenters. The van der Waals surface area contributed by atoms with Crippen LogP contribution >= 0.6 is 0 Å². The van der Waals surface area contributed by atoms with Crippen LogP contribution in [-0.2, 0) is 9.47 Å². The summed E-state index contributed by atoms with van der Waals surface area (Å²) in [6.07, 6.45) is 2.97. The van der Waals surface area contributed by atoms with Crippen LogP contribution in [0.2, 0.25) is 0 Å². The van der Waals surface area contributed by atoms with E-state index in [1.807, 2.05) is 0 Å². The summed E-state index contributed by atoms with van der Waals surface area (Å²) in [6, 6.07) is 6.19. The first-order valence-electron chi connectivity index (χ1n) is 11.4. The van der Waals surface area contributed by atoms with Crippen LogP contribution in [0.25, 0.3) is 0 Å². The Hall–Kier alpha value is -3.82. The van der Waals surface area contributed by atoms with E-state index < -0.39 is 11.9 Å². The average Bonchev–Trinajstić information content (AvgIpc) is 2.92. The van der Waals surface area contributed by atoms with Gasteiger partial charge in [0.05, 0.1) is 67.0 Å². The molecule has 0 heterocycles. The van der Waals surface area contributed by atoms with Gasteiger partial charge >= 0.3 is 11.9 Å². The summed E-state index contributed by atoms with van der Waals surface area (Å²) in [5, 5.41) is 0. The second-order valence-corrected chi connectivity index (χ2v) is 7.51. The van der Waals surface area contributed by atoms with E-state index in [4.69, 9.17) is 37.9 Å².